The fourth-order valence-corrected chi connectivity index (χ4v) is 5.26. The topological polar surface area (TPSA) is 12.9 Å². The van der Waals surface area contributed by atoms with Crippen LogP contribution in [0.3, 0.4) is 0 Å². The number of nitrogens with zero attached hydrogens (tertiary/aromatic N) is 1. The quantitative estimate of drug-likeness (QED) is 0.140. The molecule has 0 atom stereocenters. The highest BCUT2D eigenvalue weighted by Crippen LogP contribution is 2.25. The summed E-state index contributed by atoms with van der Waals surface area (Å²) in [5.41, 5.74) is 11.2. The van der Waals surface area contributed by atoms with E-state index in [-0.39, 0.29) is 0 Å². The van der Waals surface area contributed by atoms with Crippen LogP contribution in [0.5, 0.6) is 0 Å². The summed E-state index contributed by atoms with van der Waals surface area (Å²) < 4.78 is 20.9. The minimum Gasteiger partial charge on any atom is -0.259 e. The minimum atomic E-state index is 0.460. The molecule has 0 N–H and O–H groups in total. The molecule has 4 aromatic rings. The van der Waals surface area contributed by atoms with E-state index in [0.29, 0.717) is 30.0 Å². The number of rotatable bonds is 12. The van der Waals surface area contributed by atoms with Gasteiger partial charge >= 0.3 is 0 Å². The molecule has 1 aromatic heterocycles. The van der Waals surface area contributed by atoms with E-state index < -0.39 is 0 Å². The molecule has 0 spiro atoms. The molecule has 1 nitrogen and oxygen atoms in total. The Kier molecular flexibility index (Phi) is 18.1. The maximum atomic E-state index is 6.99. The number of hydrogen-bond acceptors (Lipinski definition) is 1. The van der Waals surface area contributed by atoms with Crippen LogP contribution in [0, 0.1) is 6.92 Å². The van der Waals surface area contributed by atoms with Crippen molar-refractivity contribution in [1.82, 2.24) is 4.98 Å². The zero-order chi connectivity index (χ0) is 37.6. The van der Waals surface area contributed by atoms with E-state index in [0.717, 1.165) is 29.5 Å². The Morgan fingerprint density at radius 3 is 1.66 bits per heavy atom. The predicted molar refractivity (Wildman–Crippen MR) is 218 cm³/mol. The van der Waals surface area contributed by atoms with Gasteiger partial charge in [0.1, 0.15) is 7.28 Å². The molecule has 3 aromatic carbocycles. The molecule has 0 aliphatic heterocycles. The largest absolute Gasteiger partial charge is 0.259 e. The van der Waals surface area contributed by atoms with Crippen molar-refractivity contribution in [3.63, 3.8) is 0 Å². The zero-order valence-electron chi connectivity index (χ0n) is 33.8. The van der Waals surface area contributed by atoms with Crippen molar-refractivity contribution in [2.24, 2.45) is 0 Å². The fraction of sp³-hybridized carbons (Fsp3) is 0.439. The summed E-state index contributed by atoms with van der Waals surface area (Å²) in [4.78, 5) is 4.55. The lowest BCUT2D eigenvalue weighted by atomic mass is 9.76. The molecular weight excluding hydrogens is 585 g/mol. The lowest BCUT2D eigenvalue weighted by Crippen LogP contribution is -2.01. The van der Waals surface area contributed by atoms with Crippen LogP contribution in [0.15, 0.2) is 78.9 Å². The molecule has 0 saturated carbocycles. The number of halogens is 1. The first-order valence-corrected chi connectivity index (χ1v) is 17.5. The summed E-state index contributed by atoms with van der Waals surface area (Å²) in [7, 11) is 6.40. The summed E-state index contributed by atoms with van der Waals surface area (Å²) in [6, 6.07) is 27.3. The first kappa shape index (κ1) is 37.2. The Hall–Kier alpha value is -2.64. The van der Waals surface area contributed by atoms with Crippen LogP contribution in [-0.2, 0) is 25.3 Å². The van der Waals surface area contributed by atoms with Crippen LogP contribution in [-0.4, -0.2) is 39.7 Å². The maximum absolute atomic E-state index is 6.99. The third kappa shape index (κ3) is 15.9. The van der Waals surface area contributed by atoms with E-state index in [1.54, 1.807) is 0 Å². The molecule has 0 fully saturated rings. The van der Waals surface area contributed by atoms with Gasteiger partial charge in [-0.2, -0.15) is 0 Å². The van der Waals surface area contributed by atoms with Crippen LogP contribution in [0.1, 0.15) is 129 Å². The normalized spacial score (nSPS) is 11.2. The lowest BCUT2D eigenvalue weighted by molar-refractivity contribution is 0.838. The molecule has 0 amide bonds. The number of aryl methyl sites for hydroxylation is 1. The Balaban J connectivity index is 0.000000334. The highest BCUT2D eigenvalue weighted by molar-refractivity contribution is 6.32. The predicted octanol–water partition coefficient (Wildman–Crippen LogP) is 10.1. The second-order valence-electron chi connectivity index (χ2n) is 13.2. The van der Waals surface area contributed by atoms with Gasteiger partial charge in [-0.3, -0.25) is 4.98 Å². The highest BCUT2D eigenvalue weighted by Gasteiger charge is 2.06. The monoisotopic (exact) mass is 646 g/mol. The van der Waals surface area contributed by atoms with Gasteiger partial charge in [0, 0.05) is 16.4 Å². The van der Waals surface area contributed by atoms with E-state index in [1.807, 2.05) is 18.2 Å². The number of aromatic nitrogens is 1. The van der Waals surface area contributed by atoms with Gasteiger partial charge in [-0.15, -0.1) is 0 Å². The number of pyridine rings is 1. The van der Waals surface area contributed by atoms with Crippen molar-refractivity contribution in [2.45, 2.75) is 118 Å². The third-order valence-electron chi connectivity index (χ3n) is 7.88. The molecule has 0 bridgehead atoms. The second kappa shape index (κ2) is 22.8. The Morgan fingerprint density at radius 2 is 1.17 bits per heavy atom. The van der Waals surface area contributed by atoms with Gasteiger partial charge in [0.2, 0.25) is 0 Å². The first-order chi connectivity index (χ1) is 23.8. The average molecular weight is 647 g/mol. The van der Waals surface area contributed by atoms with Crippen molar-refractivity contribution in [2.75, 3.05) is 0 Å². The first-order valence-electron chi connectivity index (χ1n) is 18.8. The Labute approximate surface area is 302 Å². The summed E-state index contributed by atoms with van der Waals surface area (Å²) in [5.74, 6) is 2.21. The van der Waals surface area contributed by atoms with E-state index in [1.165, 1.54) is 68.2 Å². The fourth-order valence-electron chi connectivity index (χ4n) is 4.84. The van der Waals surface area contributed by atoms with Gasteiger partial charge in [-0.1, -0.05) is 176 Å². The van der Waals surface area contributed by atoms with Gasteiger partial charge in [0.25, 0.3) is 0 Å². The Morgan fingerprint density at radius 1 is 0.638 bits per heavy atom. The molecule has 0 aliphatic rings. The number of hydrogen-bond donors (Lipinski definition) is 0. The van der Waals surface area contributed by atoms with Crippen molar-refractivity contribution >= 4 is 42.3 Å². The molecule has 0 unspecified atom stereocenters. The summed E-state index contributed by atoms with van der Waals surface area (Å²) in [5, 5.41) is 0.814. The molecule has 0 aliphatic carbocycles. The maximum Gasteiger partial charge on any atom is 0.113 e. The Bertz CT molecular complexity index is 1440. The smallest absolute Gasteiger partial charge is 0.113 e. The van der Waals surface area contributed by atoms with Gasteiger partial charge in [-0.05, 0) is 75.3 Å². The molecule has 4 rings (SSSR count). The van der Waals surface area contributed by atoms with Gasteiger partial charge in [0.05, 0.1) is 23.4 Å². The third-order valence-corrected chi connectivity index (χ3v) is 8.21. The van der Waals surface area contributed by atoms with Crippen LogP contribution in [0.4, 0.5) is 0 Å². The minimum absolute atomic E-state index is 0.460. The molecule has 4 radical (unpaired) electrons. The van der Waals surface area contributed by atoms with Crippen molar-refractivity contribution in [1.29, 1.82) is 4.01 Å². The molecule has 47 heavy (non-hydrogen) atoms. The van der Waals surface area contributed by atoms with E-state index in [4.69, 9.17) is 15.6 Å². The molecule has 6 heteroatoms. The van der Waals surface area contributed by atoms with Crippen molar-refractivity contribution < 1.29 is 0 Å². The van der Waals surface area contributed by atoms with E-state index >= 15 is 0 Å². The highest BCUT2D eigenvalue weighted by atomic mass is 35.5. The van der Waals surface area contributed by atoms with E-state index in [9.17, 15) is 0 Å². The molecular formula is C41H58B4ClN. The van der Waals surface area contributed by atoms with Crippen LogP contribution >= 0.6 is 11.6 Å². The van der Waals surface area contributed by atoms with Gasteiger partial charge in [0.15, 0.2) is 0 Å². The SMILES string of the molecule is C[B]Cc1ccc(C(C)C)c(C)n1.[2H][B]Cc1ccc(C(C)C)c(Cl)c1.[2H][B]Cc1ccc(C(C)C)cc1.[2H][B]Cc1cccc(C(C)C)c1. The van der Waals surface area contributed by atoms with Gasteiger partial charge < -0.3 is 0 Å². The van der Waals surface area contributed by atoms with Crippen molar-refractivity contribution in [3.8, 4) is 0 Å². The summed E-state index contributed by atoms with van der Waals surface area (Å²) in [6.45, 7) is 21.5. The van der Waals surface area contributed by atoms with Crippen LogP contribution in [0.2, 0.25) is 11.8 Å². The molecule has 0 saturated heterocycles. The summed E-state index contributed by atoms with van der Waals surface area (Å²) >= 11 is 6.09. The average Bonchev–Trinajstić information content (AvgIpc) is 3.06. The van der Waals surface area contributed by atoms with Crippen LogP contribution in [0.25, 0.3) is 0 Å². The van der Waals surface area contributed by atoms with Gasteiger partial charge in [-0.25, -0.2) is 0 Å². The summed E-state index contributed by atoms with van der Waals surface area (Å²) in [6.07, 6.45) is 3.14. The van der Waals surface area contributed by atoms with Crippen LogP contribution < -0.4 is 0 Å². The number of benzene rings is 3. The second-order valence-corrected chi connectivity index (χ2v) is 13.6. The lowest BCUT2D eigenvalue weighted by Gasteiger charge is -2.09. The molecule has 246 valence electrons. The van der Waals surface area contributed by atoms with Crippen molar-refractivity contribution in [3.05, 3.63) is 134 Å². The molecule has 1 heterocycles. The standard InChI is InChI=1S/C11H17BN.C10H13BCl.2C10H14B/c1-8(2)11-6-5-10(7-12-4)13-9(11)3;1-7(2)9-4-3-8(6-11)5-10(9)12;1-8(2)10-5-3-9(7-11)4-6-10;1-8(2)10-5-3-4-9(6-10)7-11/h5-6,8H,7H2,1-4H3;3-5,7,11H,6H2,1-2H3;2*3-6,8,11H,7H2,1-2H3/i;3*11D. The van der Waals surface area contributed by atoms with E-state index in [2.05, 4.69) is 142 Å². The zero-order valence-corrected chi connectivity index (χ0v) is 31.5.